The number of hydrogen-bond donors (Lipinski definition) is 2. The molecule has 0 bridgehead atoms. The van der Waals surface area contributed by atoms with E-state index >= 15 is 0 Å². The van der Waals surface area contributed by atoms with Gasteiger partial charge in [-0.3, -0.25) is 9.78 Å². The summed E-state index contributed by atoms with van der Waals surface area (Å²) in [4.78, 5) is 15.5. The highest BCUT2D eigenvalue weighted by Gasteiger charge is 2.08. The number of nitrogens with one attached hydrogen (secondary N) is 1. The maximum absolute atomic E-state index is 11.2. The van der Waals surface area contributed by atoms with Crippen LogP contribution in [-0.4, -0.2) is 10.9 Å². The third-order valence-corrected chi connectivity index (χ3v) is 3.00. The van der Waals surface area contributed by atoms with Crippen molar-refractivity contribution in [1.82, 2.24) is 4.98 Å². The predicted octanol–water partition coefficient (Wildman–Crippen LogP) is 3.24. The average Bonchev–Trinajstić information content (AvgIpc) is 2.49. The van der Waals surface area contributed by atoms with E-state index in [9.17, 15) is 4.79 Å². The Kier molecular flexibility index (Phi) is 4.90. The highest BCUT2D eigenvalue weighted by molar-refractivity contribution is 5.90. The van der Waals surface area contributed by atoms with Gasteiger partial charge in [-0.25, -0.2) is 0 Å². The van der Waals surface area contributed by atoms with E-state index in [2.05, 4.69) is 10.3 Å². The van der Waals surface area contributed by atoms with Gasteiger partial charge in [0.05, 0.1) is 17.6 Å². The van der Waals surface area contributed by atoms with E-state index in [0.717, 1.165) is 12.1 Å². The van der Waals surface area contributed by atoms with E-state index in [4.69, 9.17) is 10.5 Å². The fourth-order valence-corrected chi connectivity index (χ4v) is 1.86. The topological polar surface area (TPSA) is 77.2 Å². The van der Waals surface area contributed by atoms with E-state index in [1.165, 1.54) is 6.92 Å². The van der Waals surface area contributed by atoms with E-state index < -0.39 is 0 Å². The van der Waals surface area contributed by atoms with Crippen molar-refractivity contribution in [3.05, 3.63) is 48.3 Å². The molecule has 0 saturated carbocycles. The second kappa shape index (κ2) is 6.85. The number of benzene rings is 1. The van der Waals surface area contributed by atoms with Crippen molar-refractivity contribution in [2.24, 2.45) is 5.73 Å². The Morgan fingerprint density at radius 3 is 2.71 bits per heavy atom. The number of anilines is 1. The summed E-state index contributed by atoms with van der Waals surface area (Å²) in [6.45, 7) is 3.47. The number of ether oxygens (including phenoxy) is 1. The van der Waals surface area contributed by atoms with Crippen LogP contribution in [0.25, 0.3) is 0 Å². The van der Waals surface area contributed by atoms with Gasteiger partial charge in [-0.2, -0.15) is 0 Å². The van der Waals surface area contributed by atoms with Crippen LogP contribution in [-0.2, 0) is 4.79 Å². The monoisotopic (exact) mass is 285 g/mol. The summed E-state index contributed by atoms with van der Waals surface area (Å²) in [5.74, 6) is 1.02. The molecule has 0 fully saturated rings. The molecule has 0 aliphatic heterocycles. The SMILES string of the molecule is CCC(N)c1ccc(Oc2ccccc2NC(C)=O)cn1. The molecule has 1 heterocycles. The molecule has 21 heavy (non-hydrogen) atoms. The van der Waals surface area contributed by atoms with Crippen molar-refractivity contribution in [1.29, 1.82) is 0 Å². The molecule has 110 valence electrons. The molecule has 2 rings (SSSR count). The zero-order valence-corrected chi connectivity index (χ0v) is 12.2. The van der Waals surface area contributed by atoms with Crippen molar-refractivity contribution in [2.75, 3.05) is 5.32 Å². The van der Waals surface area contributed by atoms with E-state index in [1.807, 2.05) is 31.2 Å². The van der Waals surface area contributed by atoms with Crippen LogP contribution in [0, 0.1) is 0 Å². The van der Waals surface area contributed by atoms with Crippen molar-refractivity contribution in [3.8, 4) is 11.5 Å². The third-order valence-electron chi connectivity index (χ3n) is 3.00. The molecule has 1 aromatic heterocycles. The fourth-order valence-electron chi connectivity index (χ4n) is 1.86. The normalized spacial score (nSPS) is 11.8. The van der Waals surface area contributed by atoms with Crippen LogP contribution in [0.3, 0.4) is 0 Å². The van der Waals surface area contributed by atoms with Gasteiger partial charge in [0.25, 0.3) is 0 Å². The largest absolute Gasteiger partial charge is 0.454 e. The van der Waals surface area contributed by atoms with Gasteiger partial charge in [-0.15, -0.1) is 0 Å². The van der Waals surface area contributed by atoms with Gasteiger partial charge in [0.15, 0.2) is 5.75 Å². The molecule has 0 radical (unpaired) electrons. The lowest BCUT2D eigenvalue weighted by Crippen LogP contribution is -2.10. The Morgan fingerprint density at radius 2 is 2.10 bits per heavy atom. The Morgan fingerprint density at radius 1 is 1.33 bits per heavy atom. The first-order valence-corrected chi connectivity index (χ1v) is 6.86. The van der Waals surface area contributed by atoms with Crippen molar-refractivity contribution in [2.45, 2.75) is 26.3 Å². The number of rotatable bonds is 5. The van der Waals surface area contributed by atoms with Crippen LogP contribution in [0.4, 0.5) is 5.69 Å². The molecular formula is C16H19N3O2. The number of hydrogen-bond acceptors (Lipinski definition) is 4. The number of amides is 1. The van der Waals surface area contributed by atoms with E-state index in [1.54, 1.807) is 18.3 Å². The first-order valence-electron chi connectivity index (χ1n) is 6.86. The standard InChI is InChI=1S/C16H19N3O2/c1-3-13(17)14-9-8-12(10-18-14)21-16-7-5-4-6-15(16)19-11(2)20/h4-10,13H,3,17H2,1-2H3,(H,19,20). The maximum atomic E-state index is 11.2. The Labute approximate surface area is 124 Å². The molecule has 0 aliphatic carbocycles. The minimum atomic E-state index is -0.145. The van der Waals surface area contributed by atoms with Crippen LogP contribution < -0.4 is 15.8 Å². The second-order valence-electron chi connectivity index (χ2n) is 4.71. The Bertz CT molecular complexity index is 611. The molecule has 0 saturated heterocycles. The molecule has 0 spiro atoms. The number of carbonyl (C=O) groups excluding carboxylic acids is 1. The smallest absolute Gasteiger partial charge is 0.221 e. The van der Waals surface area contributed by atoms with Gasteiger partial charge in [-0.1, -0.05) is 19.1 Å². The lowest BCUT2D eigenvalue weighted by atomic mass is 10.1. The molecule has 1 atom stereocenters. The van der Waals surface area contributed by atoms with Gasteiger partial charge in [0, 0.05) is 13.0 Å². The summed E-state index contributed by atoms with van der Waals surface area (Å²) < 4.78 is 5.76. The number of para-hydroxylation sites is 2. The zero-order valence-electron chi connectivity index (χ0n) is 12.2. The predicted molar refractivity (Wildman–Crippen MR) is 82.3 cm³/mol. The highest BCUT2D eigenvalue weighted by atomic mass is 16.5. The summed E-state index contributed by atoms with van der Waals surface area (Å²) in [6.07, 6.45) is 2.47. The number of carbonyl (C=O) groups is 1. The average molecular weight is 285 g/mol. The summed E-state index contributed by atoms with van der Waals surface area (Å²) in [6, 6.07) is 10.9. The van der Waals surface area contributed by atoms with Crippen molar-refractivity contribution < 1.29 is 9.53 Å². The summed E-state index contributed by atoms with van der Waals surface area (Å²) >= 11 is 0. The van der Waals surface area contributed by atoms with E-state index in [-0.39, 0.29) is 11.9 Å². The van der Waals surface area contributed by atoms with Gasteiger partial charge in [0.2, 0.25) is 5.91 Å². The highest BCUT2D eigenvalue weighted by Crippen LogP contribution is 2.29. The third kappa shape index (κ3) is 4.03. The molecule has 5 nitrogen and oxygen atoms in total. The van der Waals surface area contributed by atoms with Crippen LogP contribution in [0.15, 0.2) is 42.6 Å². The lowest BCUT2D eigenvalue weighted by Gasteiger charge is -2.12. The van der Waals surface area contributed by atoms with Crippen LogP contribution in [0.2, 0.25) is 0 Å². The lowest BCUT2D eigenvalue weighted by molar-refractivity contribution is -0.114. The summed E-state index contributed by atoms with van der Waals surface area (Å²) in [5.41, 5.74) is 7.38. The molecular weight excluding hydrogens is 266 g/mol. The number of aromatic nitrogens is 1. The van der Waals surface area contributed by atoms with Gasteiger partial charge < -0.3 is 15.8 Å². The van der Waals surface area contributed by atoms with Crippen LogP contribution >= 0.6 is 0 Å². The number of nitrogens with zero attached hydrogens (tertiary/aromatic N) is 1. The van der Waals surface area contributed by atoms with E-state index in [0.29, 0.717) is 17.2 Å². The molecule has 5 heteroatoms. The molecule has 0 aliphatic rings. The maximum Gasteiger partial charge on any atom is 0.221 e. The van der Waals surface area contributed by atoms with Crippen LogP contribution in [0.1, 0.15) is 32.0 Å². The van der Waals surface area contributed by atoms with Gasteiger partial charge in [0.1, 0.15) is 5.75 Å². The molecule has 1 amide bonds. The van der Waals surface area contributed by atoms with Gasteiger partial charge >= 0.3 is 0 Å². The van der Waals surface area contributed by atoms with Crippen LogP contribution in [0.5, 0.6) is 11.5 Å². The minimum absolute atomic E-state index is 0.0642. The number of nitrogens with two attached hydrogens (primary N) is 1. The zero-order chi connectivity index (χ0) is 15.2. The molecule has 2 aromatic rings. The second-order valence-corrected chi connectivity index (χ2v) is 4.71. The number of pyridine rings is 1. The molecule has 3 N–H and O–H groups in total. The van der Waals surface area contributed by atoms with Crippen molar-refractivity contribution >= 4 is 11.6 Å². The van der Waals surface area contributed by atoms with Gasteiger partial charge in [-0.05, 0) is 30.7 Å². The molecule has 1 aromatic carbocycles. The Hall–Kier alpha value is -2.40. The first kappa shape index (κ1) is 15.0. The van der Waals surface area contributed by atoms with Crippen molar-refractivity contribution in [3.63, 3.8) is 0 Å². The molecule has 1 unspecified atom stereocenters. The first-order chi connectivity index (χ1) is 10.1. The fraction of sp³-hybridized carbons (Fsp3) is 0.250. The minimum Gasteiger partial charge on any atom is -0.454 e. The quantitative estimate of drug-likeness (QED) is 0.884. The Balaban J connectivity index is 2.16. The summed E-state index contributed by atoms with van der Waals surface area (Å²) in [7, 11) is 0. The summed E-state index contributed by atoms with van der Waals surface area (Å²) in [5, 5.41) is 2.73.